The van der Waals surface area contributed by atoms with Crippen LogP contribution in [-0.4, -0.2) is 18.0 Å². The first-order valence-electron chi connectivity index (χ1n) is 6.53. The highest BCUT2D eigenvalue weighted by Gasteiger charge is 1.96. The van der Waals surface area contributed by atoms with Gasteiger partial charge in [0.1, 0.15) is 0 Å². The van der Waals surface area contributed by atoms with Gasteiger partial charge in [0.05, 0.1) is 6.21 Å². The van der Waals surface area contributed by atoms with Gasteiger partial charge in [0.25, 0.3) is 0 Å². The zero-order valence-electron chi connectivity index (χ0n) is 11.3. The van der Waals surface area contributed by atoms with Gasteiger partial charge in [-0.1, -0.05) is 38.3 Å². The number of urea groups is 1. The van der Waals surface area contributed by atoms with Gasteiger partial charge in [-0.15, -0.1) is 11.8 Å². The number of hydrogen-bond donors (Lipinski definition) is 2. The molecule has 1 aromatic rings. The minimum Gasteiger partial charge on any atom is -0.350 e. The molecular weight excluding hydrogens is 258 g/mol. The molecule has 3 N–H and O–H groups in total. The number of thioether (sulfide) groups is 1. The normalized spacial score (nSPS) is 10.8. The lowest BCUT2D eigenvalue weighted by Crippen LogP contribution is -2.24. The predicted octanol–water partition coefficient (Wildman–Crippen LogP) is 3.36. The molecular formula is C14H21N3OS. The van der Waals surface area contributed by atoms with E-state index in [0.717, 1.165) is 11.3 Å². The Bertz CT molecular complexity index is 421. The number of carbonyl (C=O) groups is 1. The van der Waals surface area contributed by atoms with Gasteiger partial charge in [-0.2, -0.15) is 5.10 Å². The molecule has 0 aliphatic carbocycles. The standard InChI is InChI=1S/C14H21N3OS/c1-2-3-4-5-9-19-13-8-6-7-12(10-13)11-16-17-14(15)18/h6-8,10-11H,2-5,9H2,1H3,(H3,15,17,18). The first kappa shape index (κ1) is 15.6. The second kappa shape index (κ2) is 9.44. The molecule has 104 valence electrons. The zero-order valence-corrected chi connectivity index (χ0v) is 12.1. The molecule has 0 heterocycles. The monoisotopic (exact) mass is 279 g/mol. The molecule has 19 heavy (non-hydrogen) atoms. The lowest BCUT2D eigenvalue weighted by Gasteiger charge is -2.02. The van der Waals surface area contributed by atoms with Crippen LogP contribution < -0.4 is 11.2 Å². The van der Waals surface area contributed by atoms with E-state index < -0.39 is 6.03 Å². The molecule has 0 atom stereocenters. The van der Waals surface area contributed by atoms with Crippen molar-refractivity contribution in [3.63, 3.8) is 0 Å². The number of nitrogens with two attached hydrogens (primary N) is 1. The van der Waals surface area contributed by atoms with E-state index in [0.29, 0.717) is 0 Å². The van der Waals surface area contributed by atoms with Crippen LogP contribution in [0.2, 0.25) is 0 Å². The van der Waals surface area contributed by atoms with E-state index in [1.54, 1.807) is 6.21 Å². The second-order valence-corrected chi connectivity index (χ2v) is 5.38. The Morgan fingerprint density at radius 1 is 1.42 bits per heavy atom. The summed E-state index contributed by atoms with van der Waals surface area (Å²) in [7, 11) is 0. The van der Waals surface area contributed by atoms with Crippen LogP contribution in [0, 0.1) is 0 Å². The van der Waals surface area contributed by atoms with Crippen LogP contribution in [0.5, 0.6) is 0 Å². The van der Waals surface area contributed by atoms with E-state index in [-0.39, 0.29) is 0 Å². The maximum Gasteiger partial charge on any atom is 0.332 e. The molecule has 2 amide bonds. The number of primary amides is 1. The minimum atomic E-state index is -0.655. The third kappa shape index (κ3) is 7.51. The first-order valence-corrected chi connectivity index (χ1v) is 7.52. The van der Waals surface area contributed by atoms with Crippen molar-refractivity contribution in [1.29, 1.82) is 0 Å². The summed E-state index contributed by atoms with van der Waals surface area (Å²) in [5.74, 6) is 1.14. The molecule has 0 unspecified atom stereocenters. The summed E-state index contributed by atoms with van der Waals surface area (Å²) in [5.41, 5.74) is 8.06. The Morgan fingerprint density at radius 2 is 2.26 bits per heavy atom. The summed E-state index contributed by atoms with van der Waals surface area (Å²) < 4.78 is 0. The number of nitrogens with zero attached hydrogens (tertiary/aromatic N) is 1. The molecule has 0 saturated heterocycles. The Balaban J connectivity index is 2.39. The molecule has 0 saturated carbocycles. The Hall–Kier alpha value is -1.49. The average molecular weight is 279 g/mol. The number of hydrazone groups is 1. The van der Waals surface area contributed by atoms with Gasteiger partial charge in [-0.05, 0) is 29.9 Å². The van der Waals surface area contributed by atoms with E-state index >= 15 is 0 Å². The Labute approximate surface area is 118 Å². The molecule has 0 aromatic heterocycles. The summed E-state index contributed by atoms with van der Waals surface area (Å²) >= 11 is 1.85. The lowest BCUT2D eigenvalue weighted by atomic mass is 10.2. The lowest BCUT2D eigenvalue weighted by molar-refractivity contribution is 0.249. The molecule has 0 aliphatic heterocycles. The van der Waals surface area contributed by atoms with Crippen molar-refractivity contribution in [3.05, 3.63) is 29.8 Å². The molecule has 0 bridgehead atoms. The quantitative estimate of drug-likeness (QED) is 0.331. The molecule has 0 spiro atoms. The molecule has 1 aromatic carbocycles. The average Bonchev–Trinajstić information content (AvgIpc) is 2.39. The molecule has 0 radical (unpaired) electrons. The first-order chi connectivity index (χ1) is 9.22. The SMILES string of the molecule is CCCCCCSc1cccc(C=NNC(N)=O)c1. The van der Waals surface area contributed by atoms with Gasteiger partial charge in [0.2, 0.25) is 0 Å². The van der Waals surface area contributed by atoms with Crippen molar-refractivity contribution in [1.82, 2.24) is 5.43 Å². The van der Waals surface area contributed by atoms with Crippen molar-refractivity contribution in [3.8, 4) is 0 Å². The van der Waals surface area contributed by atoms with Crippen molar-refractivity contribution in [2.45, 2.75) is 37.5 Å². The summed E-state index contributed by atoms with van der Waals surface area (Å²) in [5, 5.41) is 3.74. The van der Waals surface area contributed by atoms with Crippen LogP contribution in [0.3, 0.4) is 0 Å². The van der Waals surface area contributed by atoms with Crippen LogP contribution >= 0.6 is 11.8 Å². The van der Waals surface area contributed by atoms with Crippen molar-refractivity contribution in [2.24, 2.45) is 10.8 Å². The van der Waals surface area contributed by atoms with Crippen LogP contribution in [0.1, 0.15) is 38.2 Å². The number of amides is 2. The highest BCUT2D eigenvalue weighted by Crippen LogP contribution is 2.20. The number of carbonyl (C=O) groups excluding carboxylic acids is 1. The number of nitrogens with one attached hydrogen (secondary N) is 1. The maximum absolute atomic E-state index is 10.5. The molecule has 1 rings (SSSR count). The van der Waals surface area contributed by atoms with Crippen LogP contribution in [0.15, 0.2) is 34.3 Å². The predicted molar refractivity (Wildman–Crippen MR) is 81.6 cm³/mol. The molecule has 0 fully saturated rings. The minimum absolute atomic E-state index is 0.655. The fourth-order valence-electron chi connectivity index (χ4n) is 1.57. The number of hydrogen-bond acceptors (Lipinski definition) is 3. The van der Waals surface area contributed by atoms with E-state index in [1.165, 1.54) is 30.6 Å². The number of benzene rings is 1. The van der Waals surface area contributed by atoms with Gasteiger partial charge in [-0.25, -0.2) is 10.2 Å². The van der Waals surface area contributed by atoms with Gasteiger partial charge in [0.15, 0.2) is 0 Å². The molecule has 4 nitrogen and oxygen atoms in total. The number of rotatable bonds is 8. The number of unbranched alkanes of at least 4 members (excludes halogenated alkanes) is 3. The third-order valence-corrected chi connectivity index (χ3v) is 3.59. The summed E-state index contributed by atoms with van der Waals surface area (Å²) in [4.78, 5) is 11.7. The molecule has 5 heteroatoms. The second-order valence-electron chi connectivity index (χ2n) is 4.22. The van der Waals surface area contributed by atoms with E-state index in [1.807, 2.05) is 23.9 Å². The van der Waals surface area contributed by atoms with Crippen LogP contribution in [0.4, 0.5) is 4.79 Å². The topological polar surface area (TPSA) is 67.5 Å². The van der Waals surface area contributed by atoms with Crippen LogP contribution in [-0.2, 0) is 0 Å². The van der Waals surface area contributed by atoms with E-state index in [4.69, 9.17) is 5.73 Å². The highest BCUT2D eigenvalue weighted by molar-refractivity contribution is 7.99. The van der Waals surface area contributed by atoms with Gasteiger partial charge in [-0.3, -0.25) is 0 Å². The van der Waals surface area contributed by atoms with Crippen molar-refractivity contribution in [2.75, 3.05) is 5.75 Å². The van der Waals surface area contributed by atoms with Gasteiger partial charge < -0.3 is 5.73 Å². The Kier molecular flexibility index (Phi) is 7.74. The van der Waals surface area contributed by atoms with E-state index in [2.05, 4.69) is 29.6 Å². The smallest absolute Gasteiger partial charge is 0.332 e. The summed E-state index contributed by atoms with van der Waals surface area (Å²) in [6.45, 7) is 2.22. The maximum atomic E-state index is 10.5. The van der Waals surface area contributed by atoms with Crippen LogP contribution in [0.25, 0.3) is 0 Å². The fraction of sp³-hybridized carbons (Fsp3) is 0.429. The van der Waals surface area contributed by atoms with Gasteiger partial charge in [0, 0.05) is 4.90 Å². The van der Waals surface area contributed by atoms with Gasteiger partial charge >= 0.3 is 6.03 Å². The zero-order chi connectivity index (χ0) is 13.9. The van der Waals surface area contributed by atoms with Crippen molar-refractivity contribution >= 4 is 24.0 Å². The third-order valence-electron chi connectivity index (χ3n) is 2.51. The fourth-order valence-corrected chi connectivity index (χ4v) is 2.55. The highest BCUT2D eigenvalue weighted by atomic mass is 32.2. The Morgan fingerprint density at radius 3 is 3.00 bits per heavy atom. The molecule has 0 aliphatic rings. The largest absolute Gasteiger partial charge is 0.350 e. The summed E-state index contributed by atoms with van der Waals surface area (Å²) in [6, 6.07) is 7.41. The summed E-state index contributed by atoms with van der Waals surface area (Å²) in [6.07, 6.45) is 6.72. The van der Waals surface area contributed by atoms with E-state index in [9.17, 15) is 4.79 Å². The van der Waals surface area contributed by atoms with Crippen molar-refractivity contribution < 1.29 is 4.79 Å².